The van der Waals surface area contributed by atoms with Crippen molar-refractivity contribution in [2.24, 2.45) is 0 Å². The second kappa shape index (κ2) is 5.90. The molecule has 108 valence electrons. The van der Waals surface area contributed by atoms with E-state index in [2.05, 4.69) is 4.98 Å². The van der Waals surface area contributed by atoms with E-state index in [0.29, 0.717) is 18.2 Å². The molecule has 1 aromatic rings. The molecule has 1 saturated carbocycles. The number of aromatic nitrogens is 1. The van der Waals surface area contributed by atoms with Crippen molar-refractivity contribution in [1.82, 2.24) is 9.88 Å². The number of pyridine rings is 1. The van der Waals surface area contributed by atoms with Gasteiger partial charge in [-0.3, -0.25) is 9.59 Å². The van der Waals surface area contributed by atoms with Gasteiger partial charge in [-0.15, -0.1) is 0 Å². The normalized spacial score (nSPS) is 13.9. The van der Waals surface area contributed by atoms with Crippen LogP contribution in [0.2, 0.25) is 0 Å². The maximum Gasteiger partial charge on any atom is 0.305 e. The maximum absolute atomic E-state index is 11.8. The fraction of sp³-hybridized carbons (Fsp3) is 0.500. The summed E-state index contributed by atoms with van der Waals surface area (Å²) in [7, 11) is 3.39. The van der Waals surface area contributed by atoms with Gasteiger partial charge in [-0.2, -0.15) is 0 Å². The molecule has 1 amide bonds. The molecule has 0 spiro atoms. The number of carbonyl (C=O) groups excluding carboxylic acids is 1. The van der Waals surface area contributed by atoms with Crippen molar-refractivity contribution in [2.75, 3.05) is 25.5 Å². The maximum atomic E-state index is 11.8. The minimum atomic E-state index is -0.810. The molecule has 0 saturated heterocycles. The molecule has 6 heteroatoms. The Morgan fingerprint density at radius 1 is 1.35 bits per heavy atom. The minimum Gasteiger partial charge on any atom is -0.481 e. The SMILES string of the molecule is CN(C)C(=O)c1ccc(N(CCC(=O)O)C2CC2)nc1. The summed E-state index contributed by atoms with van der Waals surface area (Å²) >= 11 is 0. The lowest BCUT2D eigenvalue weighted by molar-refractivity contribution is -0.136. The molecule has 1 fully saturated rings. The summed E-state index contributed by atoms with van der Waals surface area (Å²) in [5.74, 6) is -0.160. The molecule has 0 aromatic carbocycles. The van der Waals surface area contributed by atoms with E-state index < -0.39 is 5.97 Å². The number of carboxylic acid groups (broad SMARTS) is 1. The van der Waals surface area contributed by atoms with E-state index in [1.54, 1.807) is 32.4 Å². The number of carbonyl (C=O) groups is 2. The van der Waals surface area contributed by atoms with Crippen LogP contribution in [-0.4, -0.2) is 53.5 Å². The number of rotatable bonds is 6. The van der Waals surface area contributed by atoms with Crippen LogP contribution in [0.15, 0.2) is 18.3 Å². The van der Waals surface area contributed by atoms with Gasteiger partial charge in [0.15, 0.2) is 0 Å². The van der Waals surface area contributed by atoms with Gasteiger partial charge in [0, 0.05) is 32.9 Å². The highest BCUT2D eigenvalue weighted by Gasteiger charge is 2.30. The standard InChI is InChI=1S/C14H19N3O3/c1-16(2)14(20)10-3-6-12(15-9-10)17(11-4-5-11)8-7-13(18)19/h3,6,9,11H,4-5,7-8H2,1-2H3,(H,18,19). The van der Waals surface area contributed by atoms with E-state index in [0.717, 1.165) is 18.7 Å². The first-order valence-electron chi connectivity index (χ1n) is 6.65. The Labute approximate surface area is 118 Å². The molecule has 6 nitrogen and oxygen atoms in total. The summed E-state index contributed by atoms with van der Waals surface area (Å²) in [6.07, 6.45) is 3.78. The van der Waals surface area contributed by atoms with Crippen LogP contribution in [0.3, 0.4) is 0 Å². The van der Waals surface area contributed by atoms with Gasteiger partial charge in [-0.1, -0.05) is 0 Å². The van der Waals surface area contributed by atoms with Crippen LogP contribution in [0.4, 0.5) is 5.82 Å². The number of hydrogen-bond acceptors (Lipinski definition) is 4. The summed E-state index contributed by atoms with van der Waals surface area (Å²) in [6, 6.07) is 3.91. The molecular formula is C14H19N3O3. The third kappa shape index (κ3) is 3.46. The number of amides is 1. The fourth-order valence-electron chi connectivity index (χ4n) is 2.03. The summed E-state index contributed by atoms with van der Waals surface area (Å²) < 4.78 is 0. The monoisotopic (exact) mass is 277 g/mol. The van der Waals surface area contributed by atoms with E-state index in [-0.39, 0.29) is 12.3 Å². The predicted molar refractivity (Wildman–Crippen MR) is 74.9 cm³/mol. The molecule has 1 heterocycles. The van der Waals surface area contributed by atoms with Crippen LogP contribution in [-0.2, 0) is 4.79 Å². The van der Waals surface area contributed by atoms with E-state index in [1.165, 1.54) is 4.90 Å². The Balaban J connectivity index is 2.10. The Morgan fingerprint density at radius 2 is 2.05 bits per heavy atom. The molecule has 0 aliphatic heterocycles. The zero-order valence-electron chi connectivity index (χ0n) is 11.7. The summed E-state index contributed by atoms with van der Waals surface area (Å²) in [6.45, 7) is 0.452. The molecular weight excluding hydrogens is 258 g/mol. The highest BCUT2D eigenvalue weighted by Crippen LogP contribution is 2.30. The second-order valence-electron chi connectivity index (χ2n) is 5.17. The van der Waals surface area contributed by atoms with Gasteiger partial charge >= 0.3 is 5.97 Å². The smallest absolute Gasteiger partial charge is 0.305 e. The van der Waals surface area contributed by atoms with Gasteiger partial charge < -0.3 is 14.9 Å². The number of anilines is 1. The zero-order valence-corrected chi connectivity index (χ0v) is 11.7. The van der Waals surface area contributed by atoms with Gasteiger partial charge in [-0.25, -0.2) is 4.98 Å². The van der Waals surface area contributed by atoms with Crippen molar-refractivity contribution in [3.8, 4) is 0 Å². The van der Waals surface area contributed by atoms with Crippen LogP contribution in [0.25, 0.3) is 0 Å². The Bertz CT molecular complexity index is 495. The first-order chi connectivity index (χ1) is 9.49. The lowest BCUT2D eigenvalue weighted by Crippen LogP contribution is -2.29. The molecule has 0 bridgehead atoms. The van der Waals surface area contributed by atoms with Gasteiger partial charge in [0.05, 0.1) is 12.0 Å². The molecule has 2 rings (SSSR count). The van der Waals surface area contributed by atoms with Crippen molar-refractivity contribution in [1.29, 1.82) is 0 Å². The molecule has 20 heavy (non-hydrogen) atoms. The summed E-state index contributed by atoms with van der Waals surface area (Å²) in [5, 5.41) is 8.79. The van der Waals surface area contributed by atoms with Crippen molar-refractivity contribution < 1.29 is 14.7 Å². The molecule has 0 radical (unpaired) electrons. The third-order valence-corrected chi connectivity index (χ3v) is 3.25. The van der Waals surface area contributed by atoms with Crippen LogP contribution in [0.1, 0.15) is 29.6 Å². The molecule has 0 unspecified atom stereocenters. The van der Waals surface area contributed by atoms with Crippen molar-refractivity contribution in [3.05, 3.63) is 23.9 Å². The highest BCUT2D eigenvalue weighted by molar-refractivity contribution is 5.93. The van der Waals surface area contributed by atoms with E-state index in [1.807, 2.05) is 4.90 Å². The number of aliphatic carboxylic acids is 1. The van der Waals surface area contributed by atoms with E-state index in [4.69, 9.17) is 5.11 Å². The van der Waals surface area contributed by atoms with Gasteiger partial charge in [0.1, 0.15) is 5.82 Å². The van der Waals surface area contributed by atoms with Crippen LogP contribution in [0.5, 0.6) is 0 Å². The minimum absolute atomic E-state index is 0.0902. The highest BCUT2D eigenvalue weighted by atomic mass is 16.4. The number of carboxylic acids is 1. The predicted octanol–water partition coefficient (Wildman–Crippen LogP) is 1.23. The molecule has 1 aromatic heterocycles. The topological polar surface area (TPSA) is 73.7 Å². The largest absolute Gasteiger partial charge is 0.481 e. The average Bonchev–Trinajstić information content (AvgIpc) is 3.23. The van der Waals surface area contributed by atoms with E-state index >= 15 is 0 Å². The Kier molecular flexibility index (Phi) is 4.22. The van der Waals surface area contributed by atoms with Crippen LogP contribution in [0, 0.1) is 0 Å². The zero-order chi connectivity index (χ0) is 14.7. The van der Waals surface area contributed by atoms with Crippen molar-refractivity contribution in [2.45, 2.75) is 25.3 Å². The quantitative estimate of drug-likeness (QED) is 0.846. The molecule has 1 N–H and O–H groups in total. The third-order valence-electron chi connectivity index (χ3n) is 3.25. The van der Waals surface area contributed by atoms with Crippen molar-refractivity contribution in [3.63, 3.8) is 0 Å². The molecule has 1 aliphatic rings. The second-order valence-corrected chi connectivity index (χ2v) is 5.17. The first kappa shape index (κ1) is 14.3. The van der Waals surface area contributed by atoms with Gasteiger partial charge in [0.2, 0.25) is 0 Å². The summed E-state index contributed by atoms with van der Waals surface area (Å²) in [5.41, 5.74) is 0.535. The van der Waals surface area contributed by atoms with Crippen molar-refractivity contribution >= 4 is 17.7 Å². The fourth-order valence-corrected chi connectivity index (χ4v) is 2.03. The Morgan fingerprint density at radius 3 is 2.50 bits per heavy atom. The molecule has 0 atom stereocenters. The lowest BCUT2D eigenvalue weighted by Gasteiger charge is -2.23. The van der Waals surface area contributed by atoms with Crippen LogP contribution >= 0.6 is 0 Å². The van der Waals surface area contributed by atoms with Gasteiger partial charge in [-0.05, 0) is 25.0 Å². The number of hydrogen-bond donors (Lipinski definition) is 1. The summed E-state index contributed by atoms with van der Waals surface area (Å²) in [4.78, 5) is 30.3. The van der Waals surface area contributed by atoms with E-state index in [9.17, 15) is 9.59 Å². The van der Waals surface area contributed by atoms with Crippen LogP contribution < -0.4 is 4.90 Å². The Hall–Kier alpha value is -2.11. The lowest BCUT2D eigenvalue weighted by atomic mass is 10.2. The first-order valence-corrected chi connectivity index (χ1v) is 6.65. The average molecular weight is 277 g/mol. The van der Waals surface area contributed by atoms with Gasteiger partial charge in [0.25, 0.3) is 5.91 Å². The molecule has 1 aliphatic carbocycles. The number of nitrogens with zero attached hydrogens (tertiary/aromatic N) is 3.